The van der Waals surface area contributed by atoms with E-state index in [0.717, 1.165) is 25.0 Å². The molecule has 1 aliphatic heterocycles. The minimum absolute atomic E-state index is 0.0726. The van der Waals surface area contributed by atoms with Crippen LogP contribution < -0.4 is 5.32 Å². The van der Waals surface area contributed by atoms with Gasteiger partial charge < -0.3 is 15.0 Å². The highest BCUT2D eigenvalue weighted by Crippen LogP contribution is 2.17. The van der Waals surface area contributed by atoms with Crippen molar-refractivity contribution in [1.82, 2.24) is 9.88 Å². The van der Waals surface area contributed by atoms with Crippen LogP contribution in [0.5, 0.6) is 0 Å². The van der Waals surface area contributed by atoms with Crippen molar-refractivity contribution in [3.63, 3.8) is 0 Å². The summed E-state index contributed by atoms with van der Waals surface area (Å²) < 4.78 is 5.68. The molecule has 0 aliphatic carbocycles. The molecule has 1 aliphatic rings. The fourth-order valence-electron chi connectivity index (χ4n) is 2.80. The van der Waals surface area contributed by atoms with Crippen LogP contribution in [0.1, 0.15) is 24.0 Å². The van der Waals surface area contributed by atoms with Gasteiger partial charge in [-0.25, -0.2) is 4.79 Å². The van der Waals surface area contributed by atoms with Gasteiger partial charge in [0, 0.05) is 37.8 Å². The van der Waals surface area contributed by atoms with Crippen LogP contribution in [0.4, 0.5) is 10.5 Å². The number of urea groups is 1. The first-order chi connectivity index (χ1) is 12.2. The Morgan fingerprint density at radius 1 is 1.36 bits per heavy atom. The number of hydrogen-bond acceptors (Lipinski definition) is 4. The van der Waals surface area contributed by atoms with Crippen LogP contribution in [-0.4, -0.2) is 35.2 Å². The number of aromatic nitrogens is 1. The molecule has 6 heteroatoms. The van der Waals surface area contributed by atoms with Gasteiger partial charge in [0.15, 0.2) is 0 Å². The molecule has 1 atom stereocenters. The molecular formula is C19H20N4O2. The van der Waals surface area contributed by atoms with Gasteiger partial charge >= 0.3 is 6.03 Å². The maximum absolute atomic E-state index is 12.7. The Kier molecular flexibility index (Phi) is 5.60. The van der Waals surface area contributed by atoms with Crippen LogP contribution in [0.3, 0.4) is 0 Å². The summed E-state index contributed by atoms with van der Waals surface area (Å²) in [7, 11) is 0. The Morgan fingerprint density at radius 2 is 2.20 bits per heavy atom. The molecule has 2 amide bonds. The van der Waals surface area contributed by atoms with Crippen LogP contribution >= 0.6 is 0 Å². The van der Waals surface area contributed by atoms with Crippen molar-refractivity contribution in [2.24, 2.45) is 0 Å². The number of ether oxygens (including phenoxy) is 1. The van der Waals surface area contributed by atoms with E-state index < -0.39 is 0 Å². The molecule has 0 radical (unpaired) electrons. The maximum atomic E-state index is 12.7. The standard InChI is InChI=1S/C19H20N4O2/c20-11-15-5-7-17(8-6-15)22-19(24)23(14-18-4-2-10-25-18)13-16-3-1-9-21-12-16/h1,3,5-9,12,18H,2,4,10,13-14H2,(H,22,24)/t18-/m0/s1. The summed E-state index contributed by atoms with van der Waals surface area (Å²) in [5, 5.41) is 11.7. The molecular weight excluding hydrogens is 316 g/mol. The zero-order valence-corrected chi connectivity index (χ0v) is 13.9. The highest BCUT2D eigenvalue weighted by Gasteiger charge is 2.23. The monoisotopic (exact) mass is 336 g/mol. The number of nitrogens with zero attached hydrogens (tertiary/aromatic N) is 3. The van der Waals surface area contributed by atoms with Crippen molar-refractivity contribution in [3.8, 4) is 6.07 Å². The molecule has 2 aromatic rings. The number of pyridine rings is 1. The maximum Gasteiger partial charge on any atom is 0.322 e. The van der Waals surface area contributed by atoms with Crippen molar-refractivity contribution in [3.05, 3.63) is 59.9 Å². The molecule has 6 nitrogen and oxygen atoms in total. The minimum Gasteiger partial charge on any atom is -0.376 e. The SMILES string of the molecule is N#Cc1ccc(NC(=O)N(Cc2cccnc2)C[C@@H]2CCCO2)cc1. The lowest BCUT2D eigenvalue weighted by Crippen LogP contribution is -2.39. The number of rotatable bonds is 5. The quantitative estimate of drug-likeness (QED) is 0.909. The van der Waals surface area contributed by atoms with Crippen LogP contribution in [0.2, 0.25) is 0 Å². The number of amides is 2. The average molecular weight is 336 g/mol. The second-order valence-electron chi connectivity index (χ2n) is 6.00. The summed E-state index contributed by atoms with van der Waals surface area (Å²) in [5.74, 6) is 0. The predicted octanol–water partition coefficient (Wildman–Crippen LogP) is 3.17. The Labute approximate surface area is 147 Å². The van der Waals surface area contributed by atoms with Crippen LogP contribution in [-0.2, 0) is 11.3 Å². The van der Waals surface area contributed by atoms with E-state index in [4.69, 9.17) is 10.00 Å². The van der Waals surface area contributed by atoms with Gasteiger partial charge in [0.05, 0.1) is 17.7 Å². The first-order valence-electron chi connectivity index (χ1n) is 8.31. The smallest absolute Gasteiger partial charge is 0.322 e. The second kappa shape index (κ2) is 8.27. The van der Waals surface area contributed by atoms with E-state index in [9.17, 15) is 4.79 Å². The minimum atomic E-state index is -0.191. The zero-order chi connectivity index (χ0) is 17.5. The normalized spacial score (nSPS) is 16.2. The second-order valence-corrected chi connectivity index (χ2v) is 6.00. The molecule has 0 unspecified atom stereocenters. The first kappa shape index (κ1) is 16.9. The molecule has 1 aromatic carbocycles. The lowest BCUT2D eigenvalue weighted by molar-refractivity contribution is 0.0819. The molecule has 25 heavy (non-hydrogen) atoms. The predicted molar refractivity (Wildman–Crippen MR) is 93.8 cm³/mol. The van der Waals surface area contributed by atoms with Gasteiger partial charge in [-0.3, -0.25) is 4.98 Å². The molecule has 1 fully saturated rings. The fraction of sp³-hybridized carbons (Fsp3) is 0.316. The summed E-state index contributed by atoms with van der Waals surface area (Å²) in [4.78, 5) is 18.6. The molecule has 128 valence electrons. The van der Waals surface area contributed by atoms with Gasteiger partial charge in [0.2, 0.25) is 0 Å². The summed E-state index contributed by atoms with van der Waals surface area (Å²) in [5.41, 5.74) is 2.19. The third-order valence-electron chi connectivity index (χ3n) is 4.10. The Balaban J connectivity index is 1.69. The molecule has 1 N–H and O–H groups in total. The Bertz CT molecular complexity index is 734. The average Bonchev–Trinajstić information content (AvgIpc) is 3.16. The molecule has 1 saturated heterocycles. The summed E-state index contributed by atoms with van der Waals surface area (Å²) in [6.07, 6.45) is 5.54. The van der Waals surface area contributed by atoms with Gasteiger partial charge in [-0.1, -0.05) is 6.07 Å². The van der Waals surface area contributed by atoms with Crippen molar-refractivity contribution in [1.29, 1.82) is 5.26 Å². The lowest BCUT2D eigenvalue weighted by Gasteiger charge is -2.25. The number of carbonyl (C=O) groups is 1. The van der Waals surface area contributed by atoms with Crippen LogP contribution in [0, 0.1) is 11.3 Å². The molecule has 0 saturated carbocycles. The molecule has 1 aromatic heterocycles. The summed E-state index contributed by atoms with van der Waals surface area (Å²) in [6.45, 7) is 1.76. The van der Waals surface area contributed by atoms with Gasteiger partial charge in [0.1, 0.15) is 0 Å². The van der Waals surface area contributed by atoms with Crippen LogP contribution in [0.15, 0.2) is 48.8 Å². The van der Waals surface area contributed by atoms with E-state index in [0.29, 0.717) is 24.3 Å². The number of benzene rings is 1. The lowest BCUT2D eigenvalue weighted by atomic mass is 10.2. The van der Waals surface area contributed by atoms with Crippen molar-refractivity contribution < 1.29 is 9.53 Å². The number of nitriles is 1. The highest BCUT2D eigenvalue weighted by molar-refractivity contribution is 5.89. The van der Waals surface area contributed by atoms with E-state index in [1.54, 1.807) is 41.6 Å². The van der Waals surface area contributed by atoms with E-state index in [1.165, 1.54) is 0 Å². The van der Waals surface area contributed by atoms with E-state index in [1.807, 2.05) is 12.1 Å². The third kappa shape index (κ3) is 4.78. The first-order valence-corrected chi connectivity index (χ1v) is 8.31. The number of anilines is 1. The number of carbonyl (C=O) groups excluding carboxylic acids is 1. The van der Waals surface area contributed by atoms with E-state index >= 15 is 0 Å². The van der Waals surface area contributed by atoms with E-state index in [2.05, 4.69) is 16.4 Å². The van der Waals surface area contributed by atoms with Gasteiger partial charge in [0.25, 0.3) is 0 Å². The molecule has 0 spiro atoms. The third-order valence-corrected chi connectivity index (χ3v) is 4.10. The van der Waals surface area contributed by atoms with Crippen molar-refractivity contribution >= 4 is 11.7 Å². The van der Waals surface area contributed by atoms with Gasteiger partial charge in [-0.2, -0.15) is 5.26 Å². The zero-order valence-electron chi connectivity index (χ0n) is 13.9. The van der Waals surface area contributed by atoms with Crippen molar-refractivity contribution in [2.75, 3.05) is 18.5 Å². The number of nitrogens with one attached hydrogen (secondary N) is 1. The van der Waals surface area contributed by atoms with E-state index in [-0.39, 0.29) is 12.1 Å². The highest BCUT2D eigenvalue weighted by atomic mass is 16.5. The van der Waals surface area contributed by atoms with Crippen molar-refractivity contribution in [2.45, 2.75) is 25.5 Å². The summed E-state index contributed by atoms with van der Waals surface area (Å²) in [6, 6.07) is 12.5. The fourth-order valence-corrected chi connectivity index (χ4v) is 2.80. The van der Waals surface area contributed by atoms with Crippen LogP contribution in [0.25, 0.3) is 0 Å². The van der Waals surface area contributed by atoms with Gasteiger partial charge in [-0.05, 0) is 48.7 Å². The largest absolute Gasteiger partial charge is 0.376 e. The van der Waals surface area contributed by atoms with Gasteiger partial charge in [-0.15, -0.1) is 0 Å². The topological polar surface area (TPSA) is 78.3 Å². The summed E-state index contributed by atoms with van der Waals surface area (Å²) >= 11 is 0. The molecule has 2 heterocycles. The molecule has 0 bridgehead atoms. The Morgan fingerprint density at radius 3 is 2.84 bits per heavy atom. The molecule has 3 rings (SSSR count). The number of hydrogen-bond donors (Lipinski definition) is 1. The Hall–Kier alpha value is -2.91.